The number of aryl methyl sites for hydroxylation is 2. The van der Waals surface area contributed by atoms with Crippen molar-refractivity contribution in [3.05, 3.63) is 29.6 Å². The molecule has 0 saturated heterocycles. The quantitative estimate of drug-likeness (QED) is 0.525. The second-order valence-corrected chi connectivity index (χ2v) is 4.87. The minimum Gasteiger partial charge on any atom is -1.00 e. The van der Waals surface area contributed by atoms with Gasteiger partial charge in [-0.15, -0.1) is 0 Å². The third-order valence-corrected chi connectivity index (χ3v) is 3.13. The van der Waals surface area contributed by atoms with Gasteiger partial charge >= 0.3 is 0 Å². The molecule has 0 aliphatic rings. The van der Waals surface area contributed by atoms with Crippen LogP contribution in [-0.4, -0.2) is 5.75 Å². The lowest BCUT2D eigenvalue weighted by atomic mass is 10.2. The van der Waals surface area contributed by atoms with Crippen molar-refractivity contribution in [2.24, 2.45) is 0 Å². The molecule has 0 aromatic carbocycles. The van der Waals surface area contributed by atoms with Crippen LogP contribution in [0.1, 0.15) is 30.9 Å². The minimum atomic E-state index is 0. The Morgan fingerprint density at radius 1 is 1.20 bits per heavy atom. The number of rotatable bonds is 5. The molecule has 0 amide bonds. The number of hydrogen-bond acceptors (Lipinski definition) is 1. The zero-order chi connectivity index (χ0) is 10.4. The molecule has 0 spiro atoms. The number of hydrogen-bond donors (Lipinski definition) is 0. The maximum absolute atomic E-state index is 2.28. The fourth-order valence-corrected chi connectivity index (χ4v) is 2.47. The molecule has 0 unspecified atom stereocenters. The number of halogens is 1. The molecule has 1 nitrogen and oxygen atoms in total. The summed E-state index contributed by atoms with van der Waals surface area (Å²) in [6, 6.07) is 2.22. The van der Waals surface area contributed by atoms with E-state index in [4.69, 9.17) is 0 Å². The summed E-state index contributed by atoms with van der Waals surface area (Å²) in [6.07, 6.45) is 7.05. The Balaban J connectivity index is 0.00000196. The molecule has 1 aromatic heterocycles. The Morgan fingerprint density at radius 3 is 2.33 bits per heavy atom. The summed E-state index contributed by atoms with van der Waals surface area (Å²) in [7, 11) is 0. The van der Waals surface area contributed by atoms with E-state index in [-0.39, 0.29) is 12.4 Å². The first-order valence-corrected chi connectivity index (χ1v) is 6.43. The molecule has 0 aliphatic heterocycles. The summed E-state index contributed by atoms with van der Waals surface area (Å²) in [5.41, 5.74) is 2.70. The number of pyridine rings is 1. The van der Waals surface area contributed by atoms with Crippen LogP contribution in [0.25, 0.3) is 0 Å². The van der Waals surface area contributed by atoms with Crippen molar-refractivity contribution in [3.8, 4) is 0 Å². The summed E-state index contributed by atoms with van der Waals surface area (Å²) >= 11 is 2.01. The highest BCUT2D eigenvalue weighted by Gasteiger charge is 2.02. The summed E-state index contributed by atoms with van der Waals surface area (Å²) in [4.78, 5) is 0. The van der Waals surface area contributed by atoms with E-state index in [1.54, 1.807) is 0 Å². The van der Waals surface area contributed by atoms with Crippen molar-refractivity contribution >= 4 is 11.8 Å². The standard InChI is InChI=1S/C12H20NS.ClH/c1-4-5-6-14-10-13-8-11(2)7-12(3)9-13;/h7-9H,4-6,10H2,1-3H3;1H/q+1;/p-1. The predicted octanol–water partition coefficient (Wildman–Crippen LogP) is 0.0857. The van der Waals surface area contributed by atoms with E-state index in [1.807, 2.05) is 11.8 Å². The second-order valence-electron chi connectivity index (χ2n) is 3.80. The van der Waals surface area contributed by atoms with Gasteiger partial charge in [0, 0.05) is 11.1 Å². The number of aromatic nitrogens is 1. The maximum Gasteiger partial charge on any atom is 0.194 e. The molecule has 1 rings (SSSR count). The Morgan fingerprint density at radius 2 is 1.80 bits per heavy atom. The fraction of sp³-hybridized carbons (Fsp3) is 0.583. The average molecular weight is 246 g/mol. The van der Waals surface area contributed by atoms with Gasteiger partial charge in [-0.1, -0.05) is 25.1 Å². The molecule has 3 heteroatoms. The van der Waals surface area contributed by atoms with Crippen LogP contribution in [0.15, 0.2) is 18.5 Å². The van der Waals surface area contributed by atoms with Gasteiger partial charge in [0.1, 0.15) is 0 Å². The molecular weight excluding hydrogens is 226 g/mol. The molecule has 86 valence electrons. The van der Waals surface area contributed by atoms with Gasteiger partial charge in [-0.3, -0.25) is 0 Å². The molecule has 0 aliphatic carbocycles. The molecule has 1 heterocycles. The van der Waals surface area contributed by atoms with Gasteiger partial charge in [-0.2, -0.15) is 4.57 Å². The number of thioether (sulfide) groups is 1. The van der Waals surface area contributed by atoms with Crippen LogP contribution in [0.2, 0.25) is 0 Å². The van der Waals surface area contributed by atoms with Gasteiger partial charge < -0.3 is 12.4 Å². The fourth-order valence-electron chi connectivity index (χ4n) is 1.48. The summed E-state index contributed by atoms with van der Waals surface area (Å²) < 4.78 is 2.28. The van der Waals surface area contributed by atoms with Crippen molar-refractivity contribution in [3.63, 3.8) is 0 Å². The van der Waals surface area contributed by atoms with Gasteiger partial charge in [0.15, 0.2) is 18.3 Å². The largest absolute Gasteiger partial charge is 1.00 e. The van der Waals surface area contributed by atoms with Crippen molar-refractivity contribution in [1.82, 2.24) is 0 Å². The predicted molar refractivity (Wildman–Crippen MR) is 63.5 cm³/mol. The van der Waals surface area contributed by atoms with Crippen LogP contribution in [-0.2, 0) is 5.88 Å². The zero-order valence-electron chi connectivity index (χ0n) is 9.79. The molecule has 0 fully saturated rings. The second kappa shape index (κ2) is 8.00. The lowest BCUT2D eigenvalue weighted by Gasteiger charge is -1.99. The van der Waals surface area contributed by atoms with Gasteiger partial charge in [-0.25, -0.2) is 0 Å². The Kier molecular flexibility index (Phi) is 7.89. The van der Waals surface area contributed by atoms with E-state index < -0.39 is 0 Å². The van der Waals surface area contributed by atoms with E-state index >= 15 is 0 Å². The normalized spacial score (nSPS) is 9.80. The SMILES string of the molecule is CCCCSC[n+]1cc(C)cc(C)c1.[Cl-]. The molecule has 0 atom stereocenters. The van der Waals surface area contributed by atoms with E-state index in [0.717, 1.165) is 5.88 Å². The van der Waals surface area contributed by atoms with Gasteiger partial charge in [0.25, 0.3) is 0 Å². The van der Waals surface area contributed by atoms with Crippen molar-refractivity contribution < 1.29 is 17.0 Å². The molecule has 0 saturated carbocycles. The van der Waals surface area contributed by atoms with Gasteiger partial charge in [0.2, 0.25) is 0 Å². The zero-order valence-corrected chi connectivity index (χ0v) is 11.4. The molecular formula is C12H20ClNS. The Bertz CT molecular complexity index is 269. The smallest absolute Gasteiger partial charge is 0.194 e. The first kappa shape index (κ1) is 14.8. The van der Waals surface area contributed by atoms with E-state index in [9.17, 15) is 0 Å². The van der Waals surface area contributed by atoms with Crippen LogP contribution in [0, 0.1) is 13.8 Å². The topological polar surface area (TPSA) is 3.88 Å². The van der Waals surface area contributed by atoms with Crippen LogP contribution >= 0.6 is 11.8 Å². The molecule has 0 radical (unpaired) electrons. The lowest BCUT2D eigenvalue weighted by Crippen LogP contribution is -3.00. The molecule has 15 heavy (non-hydrogen) atoms. The lowest BCUT2D eigenvalue weighted by molar-refractivity contribution is -0.676. The molecule has 1 aromatic rings. The van der Waals surface area contributed by atoms with Gasteiger partial charge in [-0.05, 0) is 32.1 Å². The third-order valence-electron chi connectivity index (χ3n) is 2.08. The highest BCUT2D eigenvalue weighted by molar-refractivity contribution is 7.98. The van der Waals surface area contributed by atoms with E-state index in [0.29, 0.717) is 0 Å². The van der Waals surface area contributed by atoms with Crippen LogP contribution < -0.4 is 17.0 Å². The summed E-state index contributed by atoms with van der Waals surface area (Å²) in [6.45, 7) is 6.55. The summed E-state index contributed by atoms with van der Waals surface area (Å²) in [5, 5.41) is 0. The number of unbranched alkanes of at least 4 members (excludes halogenated alkanes) is 1. The van der Waals surface area contributed by atoms with Gasteiger partial charge in [0.05, 0.1) is 0 Å². The van der Waals surface area contributed by atoms with Crippen molar-refractivity contribution in [1.29, 1.82) is 0 Å². The minimum absolute atomic E-state index is 0. The average Bonchev–Trinajstić information content (AvgIpc) is 2.11. The van der Waals surface area contributed by atoms with Crippen LogP contribution in [0.3, 0.4) is 0 Å². The van der Waals surface area contributed by atoms with Crippen LogP contribution in [0.4, 0.5) is 0 Å². The summed E-state index contributed by atoms with van der Waals surface area (Å²) in [5.74, 6) is 2.36. The van der Waals surface area contributed by atoms with Crippen molar-refractivity contribution in [2.45, 2.75) is 39.5 Å². The maximum atomic E-state index is 2.28. The highest BCUT2D eigenvalue weighted by Crippen LogP contribution is 2.05. The molecule has 0 N–H and O–H groups in total. The monoisotopic (exact) mass is 245 g/mol. The first-order chi connectivity index (χ1) is 6.72. The molecule has 0 bridgehead atoms. The number of nitrogens with zero attached hydrogens (tertiary/aromatic N) is 1. The first-order valence-electron chi connectivity index (χ1n) is 5.27. The Hall–Kier alpha value is -0.210. The highest BCUT2D eigenvalue weighted by atomic mass is 35.5. The van der Waals surface area contributed by atoms with Crippen LogP contribution in [0.5, 0.6) is 0 Å². The Labute approximate surface area is 104 Å². The van der Waals surface area contributed by atoms with Crippen molar-refractivity contribution in [2.75, 3.05) is 5.75 Å². The third kappa shape index (κ3) is 6.06. The van der Waals surface area contributed by atoms with E-state index in [1.165, 1.54) is 29.7 Å². The van der Waals surface area contributed by atoms with E-state index in [2.05, 4.69) is 43.8 Å².